The zero-order valence-corrected chi connectivity index (χ0v) is 13.4. The Morgan fingerprint density at radius 2 is 2.17 bits per heavy atom. The molecule has 118 valence electrons. The summed E-state index contributed by atoms with van der Waals surface area (Å²) in [5.74, 6) is -0.0102. The Morgan fingerprint density at radius 1 is 1.30 bits per heavy atom. The van der Waals surface area contributed by atoms with Crippen molar-refractivity contribution in [3.8, 4) is 0 Å². The highest BCUT2D eigenvalue weighted by Crippen LogP contribution is 2.16. The van der Waals surface area contributed by atoms with Crippen LogP contribution in [0.4, 0.5) is 0 Å². The highest BCUT2D eigenvalue weighted by Gasteiger charge is 2.15. The molecule has 0 radical (unpaired) electrons. The van der Waals surface area contributed by atoms with Crippen LogP contribution < -0.4 is 5.32 Å². The van der Waals surface area contributed by atoms with Gasteiger partial charge < -0.3 is 9.72 Å². The molecule has 23 heavy (non-hydrogen) atoms. The molecule has 1 atom stereocenters. The number of imidazole rings is 1. The molecule has 5 heteroatoms. The summed E-state index contributed by atoms with van der Waals surface area (Å²) >= 11 is 0. The predicted octanol–water partition coefficient (Wildman–Crippen LogP) is 2.85. The number of pyridine rings is 2. The SMILES string of the molecule is CC[C@@H](NC(=O)Cc1cnc2c(C)cccn12)c1cccnc1. The van der Waals surface area contributed by atoms with Gasteiger partial charge in [0.25, 0.3) is 0 Å². The van der Waals surface area contributed by atoms with Crippen molar-refractivity contribution in [1.82, 2.24) is 19.7 Å². The first-order valence-electron chi connectivity index (χ1n) is 7.80. The van der Waals surface area contributed by atoms with Crippen LogP contribution in [0.3, 0.4) is 0 Å². The molecule has 0 saturated carbocycles. The molecular weight excluding hydrogens is 288 g/mol. The molecule has 0 unspecified atom stereocenters. The summed E-state index contributed by atoms with van der Waals surface area (Å²) in [6.07, 6.45) is 8.37. The van der Waals surface area contributed by atoms with Gasteiger partial charge in [0.2, 0.25) is 5.91 Å². The minimum Gasteiger partial charge on any atom is -0.349 e. The molecule has 3 aromatic heterocycles. The van der Waals surface area contributed by atoms with E-state index in [0.717, 1.165) is 28.9 Å². The van der Waals surface area contributed by atoms with Crippen molar-refractivity contribution in [1.29, 1.82) is 0 Å². The van der Waals surface area contributed by atoms with Gasteiger partial charge in [-0.05, 0) is 36.6 Å². The van der Waals surface area contributed by atoms with E-state index in [2.05, 4.69) is 22.2 Å². The Balaban J connectivity index is 1.74. The number of hydrogen-bond donors (Lipinski definition) is 1. The van der Waals surface area contributed by atoms with Crippen molar-refractivity contribution in [2.45, 2.75) is 32.7 Å². The number of carbonyl (C=O) groups excluding carboxylic acids is 1. The van der Waals surface area contributed by atoms with Crippen molar-refractivity contribution in [2.24, 2.45) is 0 Å². The normalized spacial score (nSPS) is 12.3. The lowest BCUT2D eigenvalue weighted by atomic mass is 10.1. The molecule has 0 fully saturated rings. The van der Waals surface area contributed by atoms with E-state index in [1.807, 2.05) is 41.8 Å². The number of amides is 1. The lowest BCUT2D eigenvalue weighted by Crippen LogP contribution is -2.29. The van der Waals surface area contributed by atoms with Crippen LogP contribution in [-0.4, -0.2) is 20.3 Å². The average molecular weight is 308 g/mol. The largest absolute Gasteiger partial charge is 0.349 e. The van der Waals surface area contributed by atoms with E-state index >= 15 is 0 Å². The van der Waals surface area contributed by atoms with Gasteiger partial charge in [-0.2, -0.15) is 0 Å². The summed E-state index contributed by atoms with van der Waals surface area (Å²) in [4.78, 5) is 20.9. The third-order valence-electron chi connectivity index (χ3n) is 3.98. The van der Waals surface area contributed by atoms with Crippen molar-refractivity contribution in [2.75, 3.05) is 0 Å². The highest BCUT2D eigenvalue weighted by atomic mass is 16.1. The predicted molar refractivity (Wildman–Crippen MR) is 89.0 cm³/mol. The van der Waals surface area contributed by atoms with Gasteiger partial charge in [-0.3, -0.25) is 9.78 Å². The van der Waals surface area contributed by atoms with Crippen LogP contribution >= 0.6 is 0 Å². The molecule has 5 nitrogen and oxygen atoms in total. The molecule has 3 rings (SSSR count). The number of hydrogen-bond acceptors (Lipinski definition) is 3. The van der Waals surface area contributed by atoms with Gasteiger partial charge in [-0.25, -0.2) is 4.98 Å². The molecule has 3 aromatic rings. The van der Waals surface area contributed by atoms with Crippen molar-refractivity contribution in [3.63, 3.8) is 0 Å². The van der Waals surface area contributed by atoms with Crippen molar-refractivity contribution >= 4 is 11.6 Å². The van der Waals surface area contributed by atoms with Crippen LogP contribution in [0.25, 0.3) is 5.65 Å². The summed E-state index contributed by atoms with van der Waals surface area (Å²) in [7, 11) is 0. The number of rotatable bonds is 5. The quantitative estimate of drug-likeness (QED) is 0.788. The first-order valence-corrected chi connectivity index (χ1v) is 7.80. The maximum absolute atomic E-state index is 12.4. The summed E-state index contributed by atoms with van der Waals surface area (Å²) in [6, 6.07) is 7.84. The van der Waals surface area contributed by atoms with Crippen LogP contribution in [0.15, 0.2) is 49.1 Å². The molecule has 3 heterocycles. The van der Waals surface area contributed by atoms with Crippen LogP contribution in [0.1, 0.15) is 36.2 Å². The second-order valence-corrected chi connectivity index (χ2v) is 5.63. The van der Waals surface area contributed by atoms with E-state index in [9.17, 15) is 4.79 Å². The molecule has 0 aliphatic heterocycles. The standard InChI is InChI=1S/C18H20N4O/c1-3-16(14-7-4-8-19-11-14)21-17(23)10-15-12-20-18-13(2)6-5-9-22(15)18/h4-9,11-12,16H,3,10H2,1-2H3,(H,21,23)/t16-/m1/s1. The van der Waals surface area contributed by atoms with Gasteiger partial charge in [0.15, 0.2) is 0 Å². The third-order valence-corrected chi connectivity index (χ3v) is 3.98. The fraction of sp³-hybridized carbons (Fsp3) is 0.278. The Kier molecular flexibility index (Phi) is 4.37. The zero-order valence-electron chi connectivity index (χ0n) is 13.4. The third kappa shape index (κ3) is 3.23. The first-order chi connectivity index (χ1) is 11.2. The maximum Gasteiger partial charge on any atom is 0.226 e. The van der Waals surface area contributed by atoms with Gasteiger partial charge in [0.1, 0.15) is 5.65 Å². The number of aryl methyl sites for hydroxylation is 1. The van der Waals surface area contributed by atoms with Crippen molar-refractivity contribution < 1.29 is 4.79 Å². The van der Waals surface area contributed by atoms with Gasteiger partial charge >= 0.3 is 0 Å². The summed E-state index contributed by atoms with van der Waals surface area (Å²) in [5, 5.41) is 3.08. The molecular formula is C18H20N4O. The second-order valence-electron chi connectivity index (χ2n) is 5.63. The summed E-state index contributed by atoms with van der Waals surface area (Å²) < 4.78 is 1.97. The number of carbonyl (C=O) groups is 1. The lowest BCUT2D eigenvalue weighted by molar-refractivity contribution is -0.121. The Labute approximate surface area is 135 Å². The summed E-state index contributed by atoms with van der Waals surface area (Å²) in [6.45, 7) is 4.07. The average Bonchev–Trinajstić information content (AvgIpc) is 2.98. The molecule has 0 spiro atoms. The van der Waals surface area contributed by atoms with Crippen molar-refractivity contribution in [3.05, 3.63) is 65.9 Å². The van der Waals surface area contributed by atoms with E-state index in [4.69, 9.17) is 0 Å². The molecule has 0 aliphatic rings. The van der Waals surface area contributed by atoms with E-state index in [1.54, 1.807) is 18.6 Å². The van der Waals surface area contributed by atoms with Crippen LogP contribution in [0.2, 0.25) is 0 Å². The Hall–Kier alpha value is -2.69. The Morgan fingerprint density at radius 3 is 2.91 bits per heavy atom. The molecule has 0 saturated heterocycles. The zero-order chi connectivity index (χ0) is 16.2. The fourth-order valence-corrected chi connectivity index (χ4v) is 2.75. The smallest absolute Gasteiger partial charge is 0.226 e. The Bertz CT molecular complexity index is 810. The second kappa shape index (κ2) is 6.60. The van der Waals surface area contributed by atoms with E-state index in [0.29, 0.717) is 6.42 Å². The number of nitrogens with zero attached hydrogens (tertiary/aromatic N) is 3. The van der Waals surface area contributed by atoms with Gasteiger partial charge in [-0.15, -0.1) is 0 Å². The molecule has 1 amide bonds. The van der Waals surface area contributed by atoms with E-state index < -0.39 is 0 Å². The molecule has 0 aromatic carbocycles. The van der Waals surface area contributed by atoms with E-state index in [1.165, 1.54) is 0 Å². The minimum absolute atomic E-state index is 0.0102. The highest BCUT2D eigenvalue weighted by molar-refractivity contribution is 5.79. The number of aromatic nitrogens is 3. The summed E-state index contributed by atoms with van der Waals surface area (Å²) in [5.41, 5.74) is 3.91. The first kappa shape index (κ1) is 15.2. The lowest BCUT2D eigenvalue weighted by Gasteiger charge is -2.17. The van der Waals surface area contributed by atoms with Gasteiger partial charge in [0, 0.05) is 24.8 Å². The monoisotopic (exact) mass is 308 g/mol. The number of nitrogens with one attached hydrogen (secondary N) is 1. The van der Waals surface area contributed by atoms with Crippen LogP contribution in [0.5, 0.6) is 0 Å². The topological polar surface area (TPSA) is 59.3 Å². The maximum atomic E-state index is 12.4. The molecule has 0 aliphatic carbocycles. The molecule has 0 bridgehead atoms. The van der Waals surface area contributed by atoms with Crippen LogP contribution in [-0.2, 0) is 11.2 Å². The van der Waals surface area contributed by atoms with E-state index in [-0.39, 0.29) is 11.9 Å². The number of fused-ring (bicyclic) bond motifs is 1. The fourth-order valence-electron chi connectivity index (χ4n) is 2.75. The minimum atomic E-state index is -0.0166. The molecule has 1 N–H and O–H groups in total. The van der Waals surface area contributed by atoms with Gasteiger partial charge in [0.05, 0.1) is 18.2 Å². The van der Waals surface area contributed by atoms with Gasteiger partial charge in [-0.1, -0.05) is 19.1 Å². The van der Waals surface area contributed by atoms with Crippen LogP contribution in [0, 0.1) is 6.92 Å².